The molecule has 1 aliphatic heterocycles. The number of unbranched alkanes of at least 4 members (excludes halogenated alkanes) is 1. The summed E-state index contributed by atoms with van der Waals surface area (Å²) in [5.74, 6) is -0.0984. The van der Waals surface area contributed by atoms with E-state index in [-0.39, 0.29) is 5.91 Å². The first-order valence-electron chi connectivity index (χ1n) is 8.04. The molecule has 122 valence electrons. The molecule has 0 aliphatic carbocycles. The zero-order valence-electron chi connectivity index (χ0n) is 13.3. The van der Waals surface area contributed by atoms with E-state index in [2.05, 4.69) is 16.3 Å². The molecule has 1 amide bonds. The Morgan fingerprint density at radius 2 is 2.17 bits per heavy atom. The normalized spacial score (nSPS) is 15.4. The first-order chi connectivity index (χ1) is 11.3. The summed E-state index contributed by atoms with van der Waals surface area (Å²) in [7, 11) is 0. The highest BCUT2D eigenvalue weighted by Crippen LogP contribution is 2.05. The maximum atomic E-state index is 11.7. The summed E-state index contributed by atoms with van der Waals surface area (Å²) in [6, 6.07) is 9.26. The van der Waals surface area contributed by atoms with Crippen molar-refractivity contribution < 1.29 is 9.53 Å². The quantitative estimate of drug-likeness (QED) is 0.616. The van der Waals surface area contributed by atoms with E-state index in [4.69, 9.17) is 10.00 Å². The Bertz CT molecular complexity index is 572. The number of carbonyl (C=O) groups is 1. The highest BCUT2D eigenvalue weighted by molar-refractivity contribution is 5.91. The van der Waals surface area contributed by atoms with E-state index in [0.717, 1.165) is 51.3 Å². The highest BCUT2D eigenvalue weighted by atomic mass is 16.5. The molecule has 1 heterocycles. The van der Waals surface area contributed by atoms with Crippen molar-refractivity contribution in [2.75, 3.05) is 39.4 Å². The van der Waals surface area contributed by atoms with Crippen LogP contribution >= 0.6 is 0 Å². The number of benzene rings is 1. The molecule has 1 fully saturated rings. The van der Waals surface area contributed by atoms with Gasteiger partial charge < -0.3 is 10.1 Å². The molecule has 1 aliphatic rings. The van der Waals surface area contributed by atoms with Crippen molar-refractivity contribution in [3.8, 4) is 6.07 Å². The predicted molar refractivity (Wildman–Crippen MR) is 89.7 cm³/mol. The minimum absolute atomic E-state index is 0.0984. The number of nitrogens with zero attached hydrogens (tertiary/aromatic N) is 2. The smallest absolute Gasteiger partial charge is 0.243 e. The van der Waals surface area contributed by atoms with Gasteiger partial charge in [-0.2, -0.15) is 5.26 Å². The van der Waals surface area contributed by atoms with E-state index in [0.29, 0.717) is 12.1 Å². The molecule has 5 nitrogen and oxygen atoms in total. The fourth-order valence-electron chi connectivity index (χ4n) is 2.44. The third-order valence-corrected chi connectivity index (χ3v) is 3.75. The van der Waals surface area contributed by atoms with Crippen molar-refractivity contribution in [1.29, 1.82) is 5.26 Å². The number of morpholine rings is 1. The fraction of sp³-hybridized carbons (Fsp3) is 0.444. The van der Waals surface area contributed by atoms with Crippen LogP contribution in [0.25, 0.3) is 6.08 Å². The van der Waals surface area contributed by atoms with Crippen LogP contribution in [-0.4, -0.2) is 50.2 Å². The van der Waals surface area contributed by atoms with E-state index < -0.39 is 0 Å². The molecule has 1 N–H and O–H groups in total. The van der Waals surface area contributed by atoms with E-state index in [1.807, 2.05) is 12.1 Å². The minimum Gasteiger partial charge on any atom is -0.379 e. The molecule has 0 spiro atoms. The maximum Gasteiger partial charge on any atom is 0.243 e. The lowest BCUT2D eigenvalue weighted by Gasteiger charge is -2.26. The first kappa shape index (κ1) is 17.2. The van der Waals surface area contributed by atoms with Gasteiger partial charge >= 0.3 is 0 Å². The van der Waals surface area contributed by atoms with Crippen LogP contribution in [0, 0.1) is 11.3 Å². The van der Waals surface area contributed by atoms with Gasteiger partial charge in [0.05, 0.1) is 24.8 Å². The largest absolute Gasteiger partial charge is 0.379 e. The summed E-state index contributed by atoms with van der Waals surface area (Å²) in [4.78, 5) is 14.1. The molecule has 23 heavy (non-hydrogen) atoms. The number of amides is 1. The van der Waals surface area contributed by atoms with Crippen molar-refractivity contribution in [1.82, 2.24) is 10.2 Å². The van der Waals surface area contributed by atoms with E-state index >= 15 is 0 Å². The van der Waals surface area contributed by atoms with Crippen LogP contribution in [0.3, 0.4) is 0 Å². The average molecular weight is 313 g/mol. The van der Waals surface area contributed by atoms with Crippen molar-refractivity contribution >= 4 is 12.0 Å². The molecule has 0 unspecified atom stereocenters. The summed E-state index contributed by atoms with van der Waals surface area (Å²) >= 11 is 0. The molecule has 1 aromatic carbocycles. The predicted octanol–water partition coefficient (Wildman–Crippen LogP) is 1.80. The summed E-state index contributed by atoms with van der Waals surface area (Å²) in [6.07, 6.45) is 5.29. The van der Waals surface area contributed by atoms with Crippen LogP contribution < -0.4 is 5.32 Å². The topological polar surface area (TPSA) is 65.4 Å². The van der Waals surface area contributed by atoms with E-state index in [9.17, 15) is 4.79 Å². The molecule has 0 saturated carbocycles. The minimum atomic E-state index is -0.0984. The first-order valence-corrected chi connectivity index (χ1v) is 8.04. The molecule has 0 radical (unpaired) electrons. The Kier molecular flexibility index (Phi) is 7.31. The molecular weight excluding hydrogens is 290 g/mol. The second-order valence-electron chi connectivity index (χ2n) is 5.52. The van der Waals surface area contributed by atoms with Gasteiger partial charge in [-0.05, 0) is 43.2 Å². The number of nitriles is 1. The Balaban J connectivity index is 1.61. The zero-order chi connectivity index (χ0) is 16.3. The lowest BCUT2D eigenvalue weighted by atomic mass is 10.1. The number of hydrogen-bond acceptors (Lipinski definition) is 4. The second-order valence-corrected chi connectivity index (χ2v) is 5.52. The van der Waals surface area contributed by atoms with Crippen LogP contribution in [0.5, 0.6) is 0 Å². The van der Waals surface area contributed by atoms with Crippen LogP contribution in [0.1, 0.15) is 24.0 Å². The molecule has 2 rings (SSSR count). The Hall–Kier alpha value is -2.16. The van der Waals surface area contributed by atoms with Crippen LogP contribution in [-0.2, 0) is 9.53 Å². The molecular formula is C18H23N3O2. The van der Waals surface area contributed by atoms with Crippen LogP contribution in [0.2, 0.25) is 0 Å². The van der Waals surface area contributed by atoms with Gasteiger partial charge in [0.1, 0.15) is 0 Å². The van der Waals surface area contributed by atoms with Crippen LogP contribution in [0.15, 0.2) is 30.3 Å². The Labute approximate surface area is 137 Å². The van der Waals surface area contributed by atoms with Crippen molar-refractivity contribution in [3.05, 3.63) is 41.5 Å². The standard InChI is InChI=1S/C18H23N3O2/c19-15-17-5-3-4-16(14-17)6-7-18(22)20-8-1-2-9-21-10-12-23-13-11-21/h3-7,14H,1-2,8-13H2,(H,20,22)/b7-6+. The van der Waals surface area contributed by atoms with Gasteiger partial charge in [-0.15, -0.1) is 0 Å². The van der Waals surface area contributed by atoms with E-state index in [1.165, 1.54) is 6.08 Å². The molecule has 0 bridgehead atoms. The molecule has 0 atom stereocenters. The summed E-state index contributed by atoms with van der Waals surface area (Å²) < 4.78 is 5.31. The molecule has 1 aromatic rings. The number of carbonyl (C=O) groups excluding carboxylic acids is 1. The van der Waals surface area contributed by atoms with Gasteiger partial charge in [0.15, 0.2) is 0 Å². The second kappa shape index (κ2) is 9.78. The zero-order valence-corrected chi connectivity index (χ0v) is 13.3. The highest BCUT2D eigenvalue weighted by Gasteiger charge is 2.08. The SMILES string of the molecule is N#Cc1cccc(/C=C/C(=O)NCCCCN2CCOCC2)c1. The van der Waals surface area contributed by atoms with Gasteiger partial charge in [-0.3, -0.25) is 9.69 Å². The van der Waals surface area contributed by atoms with Crippen molar-refractivity contribution in [2.24, 2.45) is 0 Å². The van der Waals surface area contributed by atoms with Crippen LogP contribution in [0.4, 0.5) is 0 Å². The lowest BCUT2D eigenvalue weighted by Crippen LogP contribution is -2.37. The van der Waals surface area contributed by atoms with Gasteiger partial charge in [-0.25, -0.2) is 0 Å². The number of rotatable bonds is 7. The average Bonchev–Trinajstić information content (AvgIpc) is 2.61. The van der Waals surface area contributed by atoms with Gasteiger partial charge in [-0.1, -0.05) is 12.1 Å². The maximum absolute atomic E-state index is 11.7. The molecule has 0 aromatic heterocycles. The summed E-state index contributed by atoms with van der Waals surface area (Å²) in [5, 5.41) is 11.7. The monoisotopic (exact) mass is 313 g/mol. The van der Waals surface area contributed by atoms with Crippen molar-refractivity contribution in [2.45, 2.75) is 12.8 Å². The Morgan fingerprint density at radius 1 is 1.35 bits per heavy atom. The molecule has 5 heteroatoms. The van der Waals surface area contributed by atoms with Crippen molar-refractivity contribution in [3.63, 3.8) is 0 Å². The van der Waals surface area contributed by atoms with E-state index in [1.54, 1.807) is 18.2 Å². The van der Waals surface area contributed by atoms with Gasteiger partial charge in [0.2, 0.25) is 5.91 Å². The molecule has 1 saturated heterocycles. The third kappa shape index (κ3) is 6.64. The number of nitrogens with one attached hydrogen (secondary N) is 1. The van der Waals surface area contributed by atoms with Gasteiger partial charge in [0, 0.05) is 25.7 Å². The fourth-order valence-corrected chi connectivity index (χ4v) is 2.44. The summed E-state index contributed by atoms with van der Waals surface area (Å²) in [5.41, 5.74) is 1.45. The number of hydrogen-bond donors (Lipinski definition) is 1. The van der Waals surface area contributed by atoms with Gasteiger partial charge in [0.25, 0.3) is 0 Å². The summed E-state index contributed by atoms with van der Waals surface area (Å²) in [6.45, 7) is 5.43. The number of ether oxygens (including phenoxy) is 1. The Morgan fingerprint density at radius 3 is 2.96 bits per heavy atom. The lowest BCUT2D eigenvalue weighted by molar-refractivity contribution is -0.116. The third-order valence-electron chi connectivity index (χ3n) is 3.75.